The number of amides is 1. The van der Waals surface area contributed by atoms with Gasteiger partial charge in [0.05, 0.1) is 0 Å². The molecule has 2 N–H and O–H groups in total. The summed E-state index contributed by atoms with van der Waals surface area (Å²) < 4.78 is 13.2. The lowest BCUT2D eigenvalue weighted by Gasteiger charge is -2.08. The average Bonchev–Trinajstić information content (AvgIpc) is 2.42. The van der Waals surface area contributed by atoms with Crippen LogP contribution in [0, 0.1) is 5.82 Å². The summed E-state index contributed by atoms with van der Waals surface area (Å²) in [4.78, 5) is 16.3. The number of halogens is 2. The quantitative estimate of drug-likeness (QED) is 0.667. The number of phenols is 1. The van der Waals surface area contributed by atoms with Crippen LogP contribution in [0.1, 0.15) is 29.4 Å². The number of nitrogens with one attached hydrogen (secondary N) is 1. The van der Waals surface area contributed by atoms with Crippen LogP contribution in [0.15, 0.2) is 30.3 Å². The van der Waals surface area contributed by atoms with Crippen LogP contribution < -0.4 is 5.32 Å². The van der Waals surface area contributed by atoms with Gasteiger partial charge < -0.3 is 10.4 Å². The van der Waals surface area contributed by atoms with E-state index in [4.69, 9.17) is 16.7 Å². The molecule has 1 aromatic heterocycles. The maximum atomic E-state index is 13.2. The number of benzene rings is 1. The first-order valence-corrected chi connectivity index (χ1v) is 6.83. The van der Waals surface area contributed by atoms with Gasteiger partial charge in [-0.2, -0.15) is 0 Å². The minimum atomic E-state index is -0.799. The van der Waals surface area contributed by atoms with Gasteiger partial charge in [-0.3, -0.25) is 4.79 Å². The first-order valence-electron chi connectivity index (χ1n) is 6.46. The number of rotatable bonds is 4. The Kier molecular flexibility index (Phi) is 4.75. The summed E-state index contributed by atoms with van der Waals surface area (Å²) in [5, 5.41) is 11.9. The summed E-state index contributed by atoms with van der Waals surface area (Å²) in [5.74, 6) is -1.68. The third kappa shape index (κ3) is 3.92. The lowest BCUT2D eigenvalue weighted by atomic mass is 10.1. The van der Waals surface area contributed by atoms with Gasteiger partial charge >= 0.3 is 0 Å². The van der Waals surface area contributed by atoms with Crippen molar-refractivity contribution >= 4 is 23.2 Å². The van der Waals surface area contributed by atoms with E-state index in [0.29, 0.717) is 12.0 Å². The van der Waals surface area contributed by atoms with Crippen molar-refractivity contribution in [3.8, 4) is 5.75 Å². The molecule has 1 amide bonds. The first-order chi connectivity index (χ1) is 9.99. The molecule has 0 bridgehead atoms. The SMILES string of the molecule is CCCc1cc(C(=O)Nc2ccc(O)c(F)c2)cc(Cl)n1. The molecule has 0 spiro atoms. The molecule has 0 saturated carbocycles. The molecule has 1 heterocycles. The molecule has 4 nitrogen and oxygen atoms in total. The summed E-state index contributed by atoms with van der Waals surface area (Å²) in [7, 11) is 0. The second kappa shape index (κ2) is 6.54. The number of hydrogen-bond acceptors (Lipinski definition) is 3. The van der Waals surface area contributed by atoms with Crippen LogP contribution in [0.2, 0.25) is 5.15 Å². The van der Waals surface area contributed by atoms with Gasteiger partial charge in [-0.25, -0.2) is 9.37 Å². The third-order valence-corrected chi connectivity index (χ3v) is 3.01. The lowest BCUT2D eigenvalue weighted by molar-refractivity contribution is 0.102. The van der Waals surface area contributed by atoms with Crippen LogP contribution in [0.4, 0.5) is 10.1 Å². The Morgan fingerprint density at radius 1 is 1.38 bits per heavy atom. The molecule has 0 saturated heterocycles. The Labute approximate surface area is 126 Å². The van der Waals surface area contributed by atoms with Crippen molar-refractivity contribution in [3.63, 3.8) is 0 Å². The lowest BCUT2D eigenvalue weighted by Crippen LogP contribution is -2.13. The number of phenolic OH excluding ortho intramolecular Hbond substituents is 1. The smallest absolute Gasteiger partial charge is 0.255 e. The minimum Gasteiger partial charge on any atom is -0.505 e. The molecule has 110 valence electrons. The zero-order chi connectivity index (χ0) is 15.4. The molecule has 0 fully saturated rings. The molecule has 0 aliphatic heterocycles. The van der Waals surface area contributed by atoms with Gasteiger partial charge in [0, 0.05) is 23.0 Å². The number of aromatic nitrogens is 1. The van der Waals surface area contributed by atoms with Gasteiger partial charge in [-0.1, -0.05) is 24.9 Å². The van der Waals surface area contributed by atoms with Gasteiger partial charge in [0.15, 0.2) is 11.6 Å². The minimum absolute atomic E-state index is 0.239. The van der Waals surface area contributed by atoms with Crippen molar-refractivity contribution in [1.82, 2.24) is 4.98 Å². The fraction of sp³-hybridized carbons (Fsp3) is 0.200. The number of hydrogen-bond donors (Lipinski definition) is 2. The monoisotopic (exact) mass is 308 g/mol. The van der Waals surface area contributed by atoms with E-state index in [9.17, 15) is 9.18 Å². The molecule has 0 unspecified atom stereocenters. The van der Waals surface area contributed by atoms with Crippen molar-refractivity contribution in [3.05, 3.63) is 52.6 Å². The van der Waals surface area contributed by atoms with E-state index in [-0.39, 0.29) is 10.8 Å². The highest BCUT2D eigenvalue weighted by atomic mass is 35.5. The molecular weight excluding hydrogens is 295 g/mol. The molecule has 21 heavy (non-hydrogen) atoms. The van der Waals surface area contributed by atoms with Crippen molar-refractivity contribution in [1.29, 1.82) is 0 Å². The van der Waals surface area contributed by atoms with E-state index in [2.05, 4.69) is 10.3 Å². The zero-order valence-corrected chi connectivity index (χ0v) is 12.1. The number of aromatic hydroxyl groups is 1. The van der Waals surface area contributed by atoms with Crippen molar-refractivity contribution in [2.45, 2.75) is 19.8 Å². The molecular formula is C15H14ClFN2O2. The summed E-state index contributed by atoms with van der Waals surface area (Å²) in [6, 6.07) is 6.73. The number of anilines is 1. The Morgan fingerprint density at radius 2 is 2.14 bits per heavy atom. The third-order valence-electron chi connectivity index (χ3n) is 2.82. The number of carbonyl (C=O) groups excluding carboxylic acids is 1. The van der Waals surface area contributed by atoms with Crippen LogP contribution >= 0.6 is 11.6 Å². The molecule has 6 heteroatoms. The molecule has 0 aliphatic carbocycles. The number of aryl methyl sites for hydroxylation is 1. The summed E-state index contributed by atoms with van der Waals surface area (Å²) in [5.41, 5.74) is 1.33. The maximum absolute atomic E-state index is 13.2. The van der Waals surface area contributed by atoms with Crippen molar-refractivity contribution < 1.29 is 14.3 Å². The van der Waals surface area contributed by atoms with Crippen LogP contribution in [0.25, 0.3) is 0 Å². The molecule has 0 aliphatic rings. The summed E-state index contributed by atoms with van der Waals surface area (Å²) in [6.07, 6.45) is 1.60. The second-order valence-corrected chi connectivity index (χ2v) is 4.93. The molecule has 1 aromatic carbocycles. The fourth-order valence-corrected chi connectivity index (χ4v) is 2.08. The molecule has 2 rings (SSSR count). The normalized spacial score (nSPS) is 10.4. The van der Waals surface area contributed by atoms with Gasteiger partial charge in [-0.15, -0.1) is 0 Å². The summed E-state index contributed by atoms with van der Waals surface area (Å²) >= 11 is 5.89. The van der Waals surface area contributed by atoms with E-state index in [1.165, 1.54) is 18.2 Å². The number of pyridine rings is 1. The molecule has 0 radical (unpaired) electrons. The first kappa shape index (κ1) is 15.3. The fourth-order valence-electron chi connectivity index (χ4n) is 1.85. The maximum Gasteiger partial charge on any atom is 0.255 e. The topological polar surface area (TPSA) is 62.2 Å². The van der Waals surface area contributed by atoms with E-state index >= 15 is 0 Å². The van der Waals surface area contributed by atoms with Gasteiger partial charge in [0.25, 0.3) is 5.91 Å². The van der Waals surface area contributed by atoms with Gasteiger partial charge in [0.2, 0.25) is 0 Å². The van der Waals surface area contributed by atoms with Crippen LogP contribution in [0.5, 0.6) is 5.75 Å². The molecule has 2 aromatic rings. The highest BCUT2D eigenvalue weighted by molar-refractivity contribution is 6.29. The Morgan fingerprint density at radius 3 is 2.81 bits per heavy atom. The number of nitrogens with zero attached hydrogens (tertiary/aromatic N) is 1. The van der Waals surface area contributed by atoms with Crippen LogP contribution in [-0.2, 0) is 6.42 Å². The molecule has 0 atom stereocenters. The highest BCUT2D eigenvalue weighted by Gasteiger charge is 2.11. The Hall–Kier alpha value is -2.14. The van der Waals surface area contributed by atoms with Gasteiger partial charge in [0.1, 0.15) is 5.15 Å². The number of carbonyl (C=O) groups is 1. The van der Waals surface area contributed by atoms with Crippen molar-refractivity contribution in [2.75, 3.05) is 5.32 Å². The Balaban J connectivity index is 2.21. The van der Waals surface area contributed by atoms with Crippen LogP contribution in [0.3, 0.4) is 0 Å². The van der Waals surface area contributed by atoms with E-state index in [0.717, 1.165) is 18.2 Å². The van der Waals surface area contributed by atoms with E-state index < -0.39 is 17.5 Å². The van der Waals surface area contributed by atoms with Crippen molar-refractivity contribution in [2.24, 2.45) is 0 Å². The largest absolute Gasteiger partial charge is 0.505 e. The van der Waals surface area contributed by atoms with E-state index in [1.54, 1.807) is 6.07 Å². The summed E-state index contributed by atoms with van der Waals surface area (Å²) in [6.45, 7) is 2.00. The Bertz CT molecular complexity index is 677. The highest BCUT2D eigenvalue weighted by Crippen LogP contribution is 2.20. The standard InChI is InChI=1S/C15H14ClFN2O2/c1-2-3-10-6-9(7-14(16)18-10)15(21)19-11-4-5-13(20)12(17)8-11/h4-8,20H,2-3H2,1H3,(H,19,21). The average molecular weight is 309 g/mol. The second-order valence-electron chi connectivity index (χ2n) is 4.54. The predicted molar refractivity (Wildman–Crippen MR) is 79.3 cm³/mol. The van der Waals surface area contributed by atoms with E-state index in [1.807, 2.05) is 6.92 Å². The predicted octanol–water partition coefficient (Wildman–Crippen LogP) is 3.78. The van der Waals surface area contributed by atoms with Crippen LogP contribution in [-0.4, -0.2) is 16.0 Å². The van der Waals surface area contributed by atoms with Gasteiger partial charge in [-0.05, 0) is 30.7 Å². The zero-order valence-electron chi connectivity index (χ0n) is 11.4.